The quantitative estimate of drug-likeness (QED) is 0.357. The predicted molar refractivity (Wildman–Crippen MR) is 108 cm³/mol. The Kier molecular flexibility index (Phi) is 5.83. The number of hydroxylamine groups is 1. The molecule has 1 aliphatic carbocycles. The molecular formula is C23H26NO4+. The fourth-order valence-corrected chi connectivity index (χ4v) is 3.46. The van der Waals surface area contributed by atoms with E-state index in [0.29, 0.717) is 23.6 Å². The van der Waals surface area contributed by atoms with Gasteiger partial charge in [0.05, 0.1) is 19.3 Å². The van der Waals surface area contributed by atoms with Gasteiger partial charge in [-0.1, -0.05) is 44.2 Å². The van der Waals surface area contributed by atoms with E-state index in [1.807, 2.05) is 62.4 Å². The molecular weight excluding hydrogens is 354 g/mol. The molecule has 5 nitrogen and oxygen atoms in total. The lowest BCUT2D eigenvalue weighted by Crippen LogP contribution is -2.27. The molecule has 0 aromatic heterocycles. The average Bonchev–Trinajstić information content (AvgIpc) is 3.02. The zero-order valence-electron chi connectivity index (χ0n) is 16.7. The lowest BCUT2D eigenvalue weighted by atomic mass is 9.97. The third-order valence-corrected chi connectivity index (χ3v) is 4.58. The van der Waals surface area contributed by atoms with E-state index in [2.05, 4.69) is 0 Å². The number of rotatable bonds is 6. The van der Waals surface area contributed by atoms with E-state index in [9.17, 15) is 10.0 Å². The van der Waals surface area contributed by atoms with Gasteiger partial charge in [-0.3, -0.25) is 5.21 Å². The van der Waals surface area contributed by atoms with Crippen molar-refractivity contribution < 1.29 is 24.2 Å². The van der Waals surface area contributed by atoms with Crippen molar-refractivity contribution in [1.29, 1.82) is 0 Å². The minimum atomic E-state index is -0.450. The van der Waals surface area contributed by atoms with Gasteiger partial charge in [-0.15, -0.1) is 0 Å². The van der Waals surface area contributed by atoms with Crippen molar-refractivity contribution in [3.8, 4) is 5.75 Å². The highest BCUT2D eigenvalue weighted by Crippen LogP contribution is 2.40. The van der Waals surface area contributed by atoms with Crippen LogP contribution in [0.15, 0.2) is 54.1 Å². The van der Waals surface area contributed by atoms with Crippen LogP contribution in [0.25, 0.3) is 5.57 Å². The van der Waals surface area contributed by atoms with Gasteiger partial charge in [-0.05, 0) is 41.0 Å². The van der Waals surface area contributed by atoms with E-state index in [1.54, 1.807) is 14.0 Å². The van der Waals surface area contributed by atoms with E-state index in [1.165, 1.54) is 0 Å². The minimum Gasteiger partial charge on any atom is -0.497 e. The number of carbonyl (C=O) groups excluding carboxylic acids is 1. The van der Waals surface area contributed by atoms with Gasteiger partial charge in [0.15, 0.2) is 6.54 Å². The van der Waals surface area contributed by atoms with Crippen molar-refractivity contribution in [3.63, 3.8) is 0 Å². The number of fused-ring (bicyclic) bond motifs is 1. The maximum absolute atomic E-state index is 13.0. The normalized spacial score (nSPS) is 14.9. The van der Waals surface area contributed by atoms with E-state index in [-0.39, 0.29) is 12.5 Å². The monoisotopic (exact) mass is 380 g/mol. The first-order valence-electron chi connectivity index (χ1n) is 9.47. The Morgan fingerprint density at radius 3 is 2.43 bits per heavy atom. The van der Waals surface area contributed by atoms with Crippen LogP contribution in [0.4, 0.5) is 0 Å². The third kappa shape index (κ3) is 3.65. The third-order valence-electron chi connectivity index (χ3n) is 4.58. The largest absolute Gasteiger partial charge is 0.497 e. The lowest BCUT2D eigenvalue weighted by Gasteiger charge is -2.08. The summed E-state index contributed by atoms with van der Waals surface area (Å²) in [5.41, 5.74) is 4.11. The average molecular weight is 380 g/mol. The smallest absolute Gasteiger partial charge is 0.345 e. The van der Waals surface area contributed by atoms with Gasteiger partial charge >= 0.3 is 5.97 Å². The minimum absolute atomic E-state index is 0.204. The Bertz CT molecular complexity index is 942. The number of nitrogens with zero attached hydrogens (tertiary/aromatic N) is 1. The molecule has 0 bridgehead atoms. The fraction of sp³-hybridized carbons (Fsp3) is 0.304. The van der Waals surface area contributed by atoms with Crippen LogP contribution < -0.4 is 4.74 Å². The predicted octanol–water partition coefficient (Wildman–Crippen LogP) is 3.92. The van der Waals surface area contributed by atoms with E-state index >= 15 is 0 Å². The van der Waals surface area contributed by atoms with Crippen LogP contribution in [-0.2, 0) is 9.53 Å². The molecule has 0 unspecified atom stereocenters. The SMILES string of the molecule is CCOC(=O)C1=C(c2ccccc2)c2ccc(OC)cc2/C1=[N+](\O)CC(C)C. The first kappa shape index (κ1) is 19.7. The topological polar surface area (TPSA) is 58.8 Å². The van der Waals surface area contributed by atoms with Crippen LogP contribution >= 0.6 is 0 Å². The van der Waals surface area contributed by atoms with Gasteiger partial charge in [0.2, 0.25) is 0 Å². The molecule has 0 amide bonds. The molecule has 0 saturated heterocycles. The summed E-state index contributed by atoms with van der Waals surface area (Å²) in [5.74, 6) is 0.414. The summed E-state index contributed by atoms with van der Waals surface area (Å²) in [6.07, 6.45) is 0. The van der Waals surface area contributed by atoms with Crippen molar-refractivity contribution in [2.24, 2.45) is 5.92 Å². The van der Waals surface area contributed by atoms with Crippen LogP contribution in [0, 0.1) is 5.92 Å². The molecule has 2 aromatic rings. The molecule has 0 spiro atoms. The maximum atomic E-state index is 13.0. The van der Waals surface area contributed by atoms with Gasteiger partial charge < -0.3 is 9.47 Å². The van der Waals surface area contributed by atoms with Gasteiger partial charge in [0, 0.05) is 11.5 Å². The van der Waals surface area contributed by atoms with Gasteiger partial charge in [0.1, 0.15) is 11.3 Å². The number of benzene rings is 2. The molecule has 2 aromatic carbocycles. The van der Waals surface area contributed by atoms with E-state index in [4.69, 9.17) is 9.47 Å². The molecule has 0 fully saturated rings. The van der Waals surface area contributed by atoms with Crippen molar-refractivity contribution in [2.45, 2.75) is 20.8 Å². The fourth-order valence-electron chi connectivity index (χ4n) is 3.46. The molecule has 0 radical (unpaired) electrons. The number of hydrogen-bond donors (Lipinski definition) is 1. The molecule has 0 aliphatic heterocycles. The number of ether oxygens (including phenoxy) is 2. The maximum Gasteiger partial charge on any atom is 0.345 e. The first-order chi connectivity index (χ1) is 13.5. The first-order valence-corrected chi connectivity index (χ1v) is 9.47. The number of hydrogen-bond acceptors (Lipinski definition) is 4. The van der Waals surface area contributed by atoms with Crippen LogP contribution in [0.1, 0.15) is 37.5 Å². The highest BCUT2D eigenvalue weighted by Gasteiger charge is 2.41. The van der Waals surface area contributed by atoms with Crippen LogP contribution in [-0.4, -0.2) is 41.9 Å². The van der Waals surface area contributed by atoms with Crippen molar-refractivity contribution >= 4 is 17.3 Å². The second-order valence-corrected chi connectivity index (χ2v) is 7.07. The van der Waals surface area contributed by atoms with Crippen LogP contribution in [0.3, 0.4) is 0 Å². The Morgan fingerprint density at radius 2 is 1.82 bits per heavy atom. The second-order valence-electron chi connectivity index (χ2n) is 7.07. The van der Waals surface area contributed by atoms with Gasteiger partial charge in [0.25, 0.3) is 5.71 Å². The highest BCUT2D eigenvalue weighted by atomic mass is 16.5. The summed E-state index contributed by atoms with van der Waals surface area (Å²) >= 11 is 0. The van der Waals surface area contributed by atoms with Crippen LogP contribution in [0.5, 0.6) is 5.75 Å². The van der Waals surface area contributed by atoms with E-state index in [0.717, 1.165) is 27.0 Å². The number of methoxy groups -OCH3 is 1. The van der Waals surface area contributed by atoms with Crippen molar-refractivity contribution in [2.75, 3.05) is 20.3 Å². The van der Waals surface area contributed by atoms with Crippen LogP contribution in [0.2, 0.25) is 0 Å². The Balaban J connectivity index is 2.35. The summed E-state index contributed by atoms with van der Waals surface area (Å²) in [5, 5.41) is 10.9. The zero-order valence-corrected chi connectivity index (χ0v) is 16.7. The molecule has 0 heterocycles. The van der Waals surface area contributed by atoms with E-state index < -0.39 is 5.97 Å². The molecule has 1 aliphatic rings. The standard InChI is InChI=1S/C23H26NO4/c1-5-28-23(25)21-20(16-9-7-6-8-10-16)18-12-11-17(27-4)13-19(18)22(21)24(26)14-15(2)3/h6-13,15,26H,5,14H2,1-4H3/q+1/b24-22+. The van der Waals surface area contributed by atoms with Crippen molar-refractivity contribution in [3.05, 3.63) is 70.8 Å². The molecule has 1 N–H and O–H groups in total. The summed E-state index contributed by atoms with van der Waals surface area (Å²) in [6, 6.07) is 15.3. The van der Waals surface area contributed by atoms with Gasteiger partial charge in [-0.2, -0.15) is 0 Å². The number of carbonyl (C=O) groups is 1. The molecule has 5 heteroatoms. The summed E-state index contributed by atoms with van der Waals surface area (Å²) in [6.45, 7) is 6.44. The zero-order chi connectivity index (χ0) is 20.3. The summed E-state index contributed by atoms with van der Waals surface area (Å²) in [7, 11) is 1.60. The molecule has 3 rings (SSSR count). The Morgan fingerprint density at radius 1 is 1.11 bits per heavy atom. The molecule has 28 heavy (non-hydrogen) atoms. The highest BCUT2D eigenvalue weighted by molar-refractivity contribution is 6.35. The van der Waals surface area contributed by atoms with Gasteiger partial charge in [-0.25, -0.2) is 4.79 Å². The lowest BCUT2D eigenvalue weighted by molar-refractivity contribution is -0.776. The summed E-state index contributed by atoms with van der Waals surface area (Å²) in [4.78, 5) is 13.0. The summed E-state index contributed by atoms with van der Waals surface area (Å²) < 4.78 is 11.9. The number of esters is 1. The molecule has 0 atom stereocenters. The Labute approximate surface area is 165 Å². The second kappa shape index (κ2) is 8.30. The van der Waals surface area contributed by atoms with Crippen molar-refractivity contribution in [1.82, 2.24) is 0 Å². The molecule has 146 valence electrons. The Hall–Kier alpha value is -3.08. The molecule has 0 saturated carbocycles.